The lowest BCUT2D eigenvalue weighted by Gasteiger charge is -2.43. The van der Waals surface area contributed by atoms with Gasteiger partial charge in [0, 0.05) is 5.69 Å². The molecule has 2 heteroatoms. The third kappa shape index (κ3) is 2.70. The lowest BCUT2D eigenvalue weighted by atomic mass is 9.72. The Morgan fingerprint density at radius 1 is 1.00 bits per heavy atom. The van der Waals surface area contributed by atoms with Crippen LogP contribution < -0.4 is 10.5 Å². The van der Waals surface area contributed by atoms with E-state index in [1.807, 2.05) is 24.3 Å². The standard InChI is InChI=1S/C20H25NO/c1-3-15-6-11-19(16(4-2)14-15)20(12-5-13-20)22-18-9-7-17(21)8-10-18/h6-11,14H,3-5,12-13,21H2,1-2H3. The summed E-state index contributed by atoms with van der Waals surface area (Å²) >= 11 is 0. The second-order valence-corrected chi connectivity index (χ2v) is 6.22. The second-order valence-electron chi connectivity index (χ2n) is 6.22. The molecule has 2 nitrogen and oxygen atoms in total. The minimum Gasteiger partial charge on any atom is -0.483 e. The minimum absolute atomic E-state index is 0.145. The van der Waals surface area contributed by atoms with Crippen LogP contribution in [0.25, 0.3) is 0 Å². The Hall–Kier alpha value is -1.96. The molecule has 22 heavy (non-hydrogen) atoms. The summed E-state index contributed by atoms with van der Waals surface area (Å²) in [7, 11) is 0. The van der Waals surface area contributed by atoms with Crippen LogP contribution in [0.2, 0.25) is 0 Å². The van der Waals surface area contributed by atoms with Gasteiger partial charge in [-0.2, -0.15) is 0 Å². The van der Waals surface area contributed by atoms with Crippen molar-refractivity contribution < 1.29 is 4.74 Å². The first-order chi connectivity index (χ1) is 10.7. The van der Waals surface area contributed by atoms with Crippen LogP contribution in [-0.4, -0.2) is 0 Å². The van der Waals surface area contributed by atoms with Crippen molar-refractivity contribution in [2.24, 2.45) is 0 Å². The number of hydrogen-bond acceptors (Lipinski definition) is 2. The fourth-order valence-electron chi connectivity index (χ4n) is 3.29. The van der Waals surface area contributed by atoms with Crippen LogP contribution in [0.15, 0.2) is 42.5 Å². The molecule has 0 amide bonds. The van der Waals surface area contributed by atoms with Crippen molar-refractivity contribution in [3.05, 3.63) is 59.2 Å². The summed E-state index contributed by atoms with van der Waals surface area (Å²) in [5.74, 6) is 0.913. The average Bonchev–Trinajstić information content (AvgIpc) is 2.52. The van der Waals surface area contributed by atoms with E-state index in [4.69, 9.17) is 10.5 Å². The third-order valence-corrected chi connectivity index (χ3v) is 4.80. The predicted molar refractivity (Wildman–Crippen MR) is 92.2 cm³/mol. The summed E-state index contributed by atoms with van der Waals surface area (Å²) in [6.45, 7) is 4.44. The molecule has 0 atom stereocenters. The van der Waals surface area contributed by atoms with Crippen LogP contribution in [-0.2, 0) is 18.4 Å². The van der Waals surface area contributed by atoms with E-state index >= 15 is 0 Å². The van der Waals surface area contributed by atoms with E-state index in [1.54, 1.807) is 0 Å². The number of aryl methyl sites for hydroxylation is 2. The van der Waals surface area contributed by atoms with E-state index in [-0.39, 0.29) is 5.60 Å². The number of hydrogen-bond donors (Lipinski definition) is 1. The van der Waals surface area contributed by atoms with Gasteiger partial charge in [-0.05, 0) is 73.1 Å². The van der Waals surface area contributed by atoms with E-state index in [0.717, 1.165) is 37.1 Å². The summed E-state index contributed by atoms with van der Waals surface area (Å²) in [6.07, 6.45) is 5.55. The van der Waals surface area contributed by atoms with Crippen molar-refractivity contribution in [1.82, 2.24) is 0 Å². The number of nitrogen functional groups attached to an aromatic ring is 1. The van der Waals surface area contributed by atoms with Gasteiger partial charge in [-0.15, -0.1) is 0 Å². The smallest absolute Gasteiger partial charge is 0.134 e. The maximum Gasteiger partial charge on any atom is 0.134 e. The molecule has 116 valence electrons. The van der Waals surface area contributed by atoms with Crippen molar-refractivity contribution in [2.45, 2.75) is 51.6 Å². The summed E-state index contributed by atoms with van der Waals surface area (Å²) in [6, 6.07) is 14.6. The molecule has 0 aromatic heterocycles. The van der Waals surface area contributed by atoms with Crippen molar-refractivity contribution in [3.63, 3.8) is 0 Å². The van der Waals surface area contributed by atoms with Gasteiger partial charge in [0.25, 0.3) is 0 Å². The fourth-order valence-corrected chi connectivity index (χ4v) is 3.29. The molecule has 2 aromatic rings. The van der Waals surface area contributed by atoms with Gasteiger partial charge >= 0.3 is 0 Å². The Balaban J connectivity index is 1.94. The molecular weight excluding hydrogens is 270 g/mol. The van der Waals surface area contributed by atoms with Gasteiger partial charge in [-0.3, -0.25) is 0 Å². The number of anilines is 1. The van der Waals surface area contributed by atoms with E-state index < -0.39 is 0 Å². The summed E-state index contributed by atoms with van der Waals surface area (Å²) in [5, 5.41) is 0. The average molecular weight is 295 g/mol. The number of nitrogens with two attached hydrogens (primary N) is 1. The summed E-state index contributed by atoms with van der Waals surface area (Å²) in [4.78, 5) is 0. The molecule has 0 unspecified atom stereocenters. The third-order valence-electron chi connectivity index (χ3n) is 4.80. The van der Waals surface area contributed by atoms with E-state index in [9.17, 15) is 0 Å². The molecule has 0 radical (unpaired) electrons. The van der Waals surface area contributed by atoms with Gasteiger partial charge in [-0.1, -0.05) is 32.0 Å². The quantitative estimate of drug-likeness (QED) is 0.800. The predicted octanol–water partition coefficient (Wildman–Crippen LogP) is 4.85. The lowest BCUT2D eigenvalue weighted by Crippen LogP contribution is -2.41. The number of ether oxygens (including phenoxy) is 1. The Labute approximate surface area is 133 Å². The van der Waals surface area contributed by atoms with Crippen molar-refractivity contribution >= 4 is 5.69 Å². The molecule has 0 saturated heterocycles. The Morgan fingerprint density at radius 2 is 1.73 bits per heavy atom. The van der Waals surface area contributed by atoms with Crippen LogP contribution in [0.5, 0.6) is 5.75 Å². The molecule has 1 saturated carbocycles. The normalized spacial score (nSPS) is 16.1. The van der Waals surface area contributed by atoms with Gasteiger partial charge in [0.15, 0.2) is 0 Å². The number of benzene rings is 2. The summed E-state index contributed by atoms with van der Waals surface area (Å²) in [5.41, 5.74) is 10.6. The molecule has 0 bridgehead atoms. The molecule has 1 aliphatic rings. The first-order valence-electron chi connectivity index (χ1n) is 8.33. The second kappa shape index (κ2) is 6.04. The SMILES string of the molecule is CCc1ccc(C2(Oc3ccc(N)cc3)CCC2)c(CC)c1. The highest BCUT2D eigenvalue weighted by molar-refractivity contribution is 5.43. The highest BCUT2D eigenvalue weighted by Crippen LogP contribution is 2.46. The fraction of sp³-hybridized carbons (Fsp3) is 0.400. The summed E-state index contributed by atoms with van der Waals surface area (Å²) < 4.78 is 6.44. The molecule has 1 aliphatic carbocycles. The van der Waals surface area contributed by atoms with Crippen LogP contribution >= 0.6 is 0 Å². The Morgan fingerprint density at radius 3 is 2.27 bits per heavy atom. The van der Waals surface area contributed by atoms with Crippen LogP contribution in [0.1, 0.15) is 49.8 Å². The van der Waals surface area contributed by atoms with Crippen molar-refractivity contribution in [3.8, 4) is 5.75 Å². The largest absolute Gasteiger partial charge is 0.483 e. The molecule has 0 aliphatic heterocycles. The highest BCUT2D eigenvalue weighted by Gasteiger charge is 2.42. The van der Waals surface area contributed by atoms with Crippen molar-refractivity contribution in [1.29, 1.82) is 0 Å². The molecular formula is C20H25NO. The number of rotatable bonds is 5. The first kappa shape index (κ1) is 15.0. The van der Waals surface area contributed by atoms with Gasteiger partial charge in [-0.25, -0.2) is 0 Å². The molecule has 2 N–H and O–H groups in total. The molecule has 1 fully saturated rings. The van der Waals surface area contributed by atoms with Crippen LogP contribution in [0.4, 0.5) is 5.69 Å². The molecule has 0 heterocycles. The maximum atomic E-state index is 6.44. The van der Waals surface area contributed by atoms with E-state index in [0.29, 0.717) is 0 Å². The zero-order valence-electron chi connectivity index (χ0n) is 13.6. The monoisotopic (exact) mass is 295 g/mol. The van der Waals surface area contributed by atoms with Crippen LogP contribution in [0, 0.1) is 0 Å². The molecule has 3 rings (SSSR count). The van der Waals surface area contributed by atoms with Gasteiger partial charge in [0.2, 0.25) is 0 Å². The van der Waals surface area contributed by atoms with Gasteiger partial charge in [0.05, 0.1) is 0 Å². The van der Waals surface area contributed by atoms with E-state index in [2.05, 4.69) is 32.0 Å². The Kier molecular flexibility index (Phi) is 4.10. The zero-order valence-corrected chi connectivity index (χ0v) is 13.6. The highest BCUT2D eigenvalue weighted by atomic mass is 16.5. The first-order valence-corrected chi connectivity index (χ1v) is 8.33. The maximum absolute atomic E-state index is 6.44. The lowest BCUT2D eigenvalue weighted by molar-refractivity contribution is -0.0129. The zero-order chi connectivity index (χ0) is 15.6. The topological polar surface area (TPSA) is 35.2 Å². The van der Waals surface area contributed by atoms with Crippen molar-refractivity contribution in [2.75, 3.05) is 5.73 Å². The Bertz CT molecular complexity index is 641. The van der Waals surface area contributed by atoms with Gasteiger partial charge < -0.3 is 10.5 Å². The minimum atomic E-state index is -0.145. The van der Waals surface area contributed by atoms with E-state index in [1.165, 1.54) is 23.1 Å². The van der Waals surface area contributed by atoms with Gasteiger partial charge in [0.1, 0.15) is 11.4 Å². The molecule has 0 spiro atoms. The van der Waals surface area contributed by atoms with Crippen LogP contribution in [0.3, 0.4) is 0 Å². The molecule has 2 aromatic carbocycles.